The normalized spacial score (nSPS) is 11.8. The van der Waals surface area contributed by atoms with Crippen molar-refractivity contribution in [2.45, 2.75) is 12.8 Å². The minimum Gasteiger partial charge on any atom is -0.369 e. The van der Waals surface area contributed by atoms with E-state index in [1.54, 1.807) is 6.20 Å². The Hall–Kier alpha value is -2.59. The summed E-state index contributed by atoms with van der Waals surface area (Å²) in [6, 6.07) is 19.8. The Bertz CT molecular complexity index is 792. The fourth-order valence-corrected chi connectivity index (χ4v) is 2.56. The van der Waals surface area contributed by atoms with Crippen LogP contribution in [0.3, 0.4) is 0 Å². The first-order valence-electron chi connectivity index (χ1n) is 7.85. The summed E-state index contributed by atoms with van der Waals surface area (Å²) in [5.74, 6) is 1.72. The van der Waals surface area contributed by atoms with Gasteiger partial charge >= 0.3 is 0 Å². The number of halogens is 1. The number of rotatable bonds is 6. The van der Waals surface area contributed by atoms with Gasteiger partial charge in [0.2, 0.25) is 5.95 Å². The molecule has 4 nitrogen and oxygen atoms in total. The minimum absolute atomic E-state index is 0.394. The van der Waals surface area contributed by atoms with Crippen molar-refractivity contribution in [1.29, 1.82) is 0 Å². The summed E-state index contributed by atoms with van der Waals surface area (Å²) in [4.78, 5) is 8.73. The van der Waals surface area contributed by atoms with Gasteiger partial charge in [0.05, 0.1) is 0 Å². The van der Waals surface area contributed by atoms with E-state index in [1.165, 1.54) is 5.56 Å². The summed E-state index contributed by atoms with van der Waals surface area (Å²) in [5.41, 5.74) is 2.16. The lowest BCUT2D eigenvalue weighted by Crippen LogP contribution is -2.11. The Labute approximate surface area is 146 Å². The third kappa shape index (κ3) is 4.46. The maximum Gasteiger partial charge on any atom is 0.229 e. The van der Waals surface area contributed by atoms with E-state index >= 15 is 0 Å². The number of nitrogens with one attached hydrogen (secondary N) is 2. The van der Waals surface area contributed by atoms with Crippen LogP contribution in [0.1, 0.15) is 18.4 Å². The highest BCUT2D eigenvalue weighted by molar-refractivity contribution is 6.30. The van der Waals surface area contributed by atoms with Crippen molar-refractivity contribution in [2.24, 2.45) is 0 Å². The van der Waals surface area contributed by atoms with E-state index in [2.05, 4.69) is 51.8 Å². The highest BCUT2D eigenvalue weighted by Gasteiger charge is 2.06. The molecule has 1 heterocycles. The molecule has 0 saturated carbocycles. The summed E-state index contributed by atoms with van der Waals surface area (Å²) >= 11 is 5.99. The predicted octanol–water partition coefficient (Wildman–Crippen LogP) is 5.09. The smallest absolute Gasteiger partial charge is 0.229 e. The Morgan fingerprint density at radius 1 is 1.04 bits per heavy atom. The van der Waals surface area contributed by atoms with Gasteiger partial charge in [-0.2, -0.15) is 4.98 Å². The zero-order valence-electron chi connectivity index (χ0n) is 13.4. The maximum atomic E-state index is 5.99. The fraction of sp³-hybridized carbons (Fsp3) is 0.158. The molecule has 1 atom stereocenters. The van der Waals surface area contributed by atoms with Gasteiger partial charge in [-0.15, -0.1) is 0 Å². The molecule has 0 aliphatic heterocycles. The van der Waals surface area contributed by atoms with Crippen molar-refractivity contribution in [1.82, 2.24) is 9.97 Å². The van der Waals surface area contributed by atoms with Crippen LogP contribution in [0.25, 0.3) is 0 Å². The highest BCUT2D eigenvalue weighted by Crippen LogP contribution is 2.19. The van der Waals surface area contributed by atoms with E-state index in [9.17, 15) is 0 Å². The van der Waals surface area contributed by atoms with Gasteiger partial charge in [0.25, 0.3) is 0 Å². The molecular weight excluding hydrogens is 320 g/mol. The van der Waals surface area contributed by atoms with Crippen molar-refractivity contribution in [3.05, 3.63) is 77.4 Å². The average molecular weight is 339 g/mol. The molecule has 0 spiro atoms. The predicted molar refractivity (Wildman–Crippen MR) is 100 cm³/mol. The summed E-state index contributed by atoms with van der Waals surface area (Å²) in [6.07, 6.45) is 1.73. The molecule has 0 fully saturated rings. The molecule has 0 aliphatic rings. The Balaban J connectivity index is 1.63. The Morgan fingerprint density at radius 2 is 1.88 bits per heavy atom. The molecule has 24 heavy (non-hydrogen) atoms. The summed E-state index contributed by atoms with van der Waals surface area (Å²) < 4.78 is 0. The first kappa shape index (κ1) is 16.3. The number of nitrogens with zero attached hydrogens (tertiary/aromatic N) is 2. The third-order valence-electron chi connectivity index (χ3n) is 3.69. The second-order valence-electron chi connectivity index (χ2n) is 5.59. The second kappa shape index (κ2) is 7.79. The molecule has 3 rings (SSSR count). The highest BCUT2D eigenvalue weighted by atomic mass is 35.5. The molecule has 2 aromatic carbocycles. The number of benzene rings is 2. The zero-order valence-corrected chi connectivity index (χ0v) is 14.2. The summed E-state index contributed by atoms with van der Waals surface area (Å²) in [6.45, 7) is 2.99. The van der Waals surface area contributed by atoms with Crippen LogP contribution in [0, 0.1) is 0 Å². The minimum atomic E-state index is 0.394. The van der Waals surface area contributed by atoms with Crippen molar-refractivity contribution >= 4 is 29.1 Å². The molecule has 1 unspecified atom stereocenters. The van der Waals surface area contributed by atoms with Gasteiger partial charge in [-0.25, -0.2) is 4.98 Å². The van der Waals surface area contributed by atoms with Crippen LogP contribution in [-0.4, -0.2) is 16.5 Å². The Morgan fingerprint density at radius 3 is 2.67 bits per heavy atom. The molecule has 0 radical (unpaired) electrons. The molecule has 0 saturated heterocycles. The molecule has 2 N–H and O–H groups in total. The molecule has 0 aliphatic carbocycles. The molecule has 0 amide bonds. The number of anilines is 3. The standard InChI is InChI=1S/C19H19ClN4/c1-14(15-6-3-2-4-7-15)13-22-18-10-11-21-19(24-18)23-17-9-5-8-16(20)12-17/h2-12,14H,13H2,1H3,(H2,21,22,23,24). The average Bonchev–Trinajstić information content (AvgIpc) is 2.61. The van der Waals surface area contributed by atoms with Crippen molar-refractivity contribution in [2.75, 3.05) is 17.2 Å². The van der Waals surface area contributed by atoms with E-state index in [0.717, 1.165) is 18.1 Å². The fourth-order valence-electron chi connectivity index (χ4n) is 2.37. The Kier molecular flexibility index (Phi) is 5.29. The molecule has 3 aromatic rings. The molecular formula is C19H19ClN4. The van der Waals surface area contributed by atoms with E-state index in [0.29, 0.717) is 16.9 Å². The van der Waals surface area contributed by atoms with E-state index in [1.807, 2.05) is 36.4 Å². The van der Waals surface area contributed by atoms with Gasteiger partial charge in [0.1, 0.15) is 5.82 Å². The largest absolute Gasteiger partial charge is 0.369 e. The van der Waals surface area contributed by atoms with Crippen LogP contribution < -0.4 is 10.6 Å². The number of hydrogen-bond donors (Lipinski definition) is 2. The van der Waals surface area contributed by atoms with Gasteiger partial charge < -0.3 is 10.6 Å². The topological polar surface area (TPSA) is 49.8 Å². The summed E-state index contributed by atoms with van der Waals surface area (Å²) in [5, 5.41) is 7.19. The van der Waals surface area contributed by atoms with Crippen molar-refractivity contribution in [3.8, 4) is 0 Å². The van der Waals surface area contributed by atoms with Crippen LogP contribution in [-0.2, 0) is 0 Å². The molecule has 122 valence electrons. The van der Waals surface area contributed by atoms with E-state index in [-0.39, 0.29) is 0 Å². The summed E-state index contributed by atoms with van der Waals surface area (Å²) in [7, 11) is 0. The first-order chi connectivity index (χ1) is 11.7. The van der Waals surface area contributed by atoms with Gasteiger partial charge in [-0.1, -0.05) is 54.9 Å². The lowest BCUT2D eigenvalue weighted by atomic mass is 10.0. The SMILES string of the molecule is CC(CNc1ccnc(Nc2cccc(Cl)c2)n1)c1ccccc1. The first-order valence-corrected chi connectivity index (χ1v) is 8.23. The van der Waals surface area contributed by atoms with E-state index in [4.69, 9.17) is 11.6 Å². The van der Waals surface area contributed by atoms with Crippen LogP contribution in [0.4, 0.5) is 17.5 Å². The van der Waals surface area contributed by atoms with E-state index < -0.39 is 0 Å². The van der Waals surface area contributed by atoms with Crippen molar-refractivity contribution in [3.63, 3.8) is 0 Å². The maximum absolute atomic E-state index is 5.99. The number of hydrogen-bond acceptors (Lipinski definition) is 4. The van der Waals surface area contributed by atoms with Gasteiger partial charge in [0.15, 0.2) is 0 Å². The van der Waals surface area contributed by atoms with Gasteiger partial charge in [0, 0.05) is 23.5 Å². The lowest BCUT2D eigenvalue weighted by molar-refractivity contribution is 0.801. The lowest BCUT2D eigenvalue weighted by Gasteiger charge is -2.14. The third-order valence-corrected chi connectivity index (χ3v) is 3.93. The zero-order chi connectivity index (χ0) is 16.8. The second-order valence-corrected chi connectivity index (χ2v) is 6.03. The van der Waals surface area contributed by atoms with Gasteiger partial charge in [-0.3, -0.25) is 0 Å². The quantitative estimate of drug-likeness (QED) is 0.657. The van der Waals surface area contributed by atoms with Crippen LogP contribution in [0.5, 0.6) is 0 Å². The van der Waals surface area contributed by atoms with Gasteiger partial charge in [-0.05, 0) is 35.7 Å². The molecule has 0 bridgehead atoms. The number of aromatic nitrogens is 2. The van der Waals surface area contributed by atoms with Crippen LogP contribution in [0.2, 0.25) is 5.02 Å². The van der Waals surface area contributed by atoms with Crippen molar-refractivity contribution < 1.29 is 0 Å². The van der Waals surface area contributed by atoms with Crippen LogP contribution >= 0.6 is 11.6 Å². The molecule has 1 aromatic heterocycles. The molecule has 5 heteroatoms. The monoisotopic (exact) mass is 338 g/mol. The van der Waals surface area contributed by atoms with Crippen LogP contribution in [0.15, 0.2) is 66.9 Å².